The van der Waals surface area contributed by atoms with Crippen LogP contribution >= 0.6 is 22.9 Å². The minimum absolute atomic E-state index is 0.0192. The van der Waals surface area contributed by atoms with Gasteiger partial charge in [0.1, 0.15) is 6.61 Å². The summed E-state index contributed by atoms with van der Waals surface area (Å²) in [5, 5.41) is 0. The summed E-state index contributed by atoms with van der Waals surface area (Å²) in [4.78, 5) is 14.7. The topological polar surface area (TPSA) is 29.5 Å². The molecule has 0 fully saturated rings. The van der Waals surface area contributed by atoms with E-state index in [0.717, 1.165) is 9.21 Å². The van der Waals surface area contributed by atoms with Gasteiger partial charge < -0.3 is 9.64 Å². The first-order chi connectivity index (χ1) is 8.02. The number of halogens is 1. The van der Waals surface area contributed by atoms with E-state index in [0.29, 0.717) is 13.1 Å². The first kappa shape index (κ1) is 14.5. The molecule has 5 heteroatoms. The van der Waals surface area contributed by atoms with E-state index >= 15 is 0 Å². The van der Waals surface area contributed by atoms with Crippen molar-refractivity contribution in [3.63, 3.8) is 0 Å². The molecule has 0 aliphatic carbocycles. The Bertz CT molecular complexity index is 365. The molecule has 0 aliphatic rings. The molecular weight excluding hydrogens is 258 g/mol. The van der Waals surface area contributed by atoms with Gasteiger partial charge in [0.25, 0.3) is 0 Å². The SMILES string of the molecule is CCN(Cc1ccc(Cl)s1)C(=O)COC(C)C. The molecule has 1 amide bonds. The lowest BCUT2D eigenvalue weighted by molar-refractivity contribution is -0.137. The van der Waals surface area contributed by atoms with Crippen LogP contribution in [0.25, 0.3) is 0 Å². The van der Waals surface area contributed by atoms with Crippen LogP contribution in [-0.2, 0) is 16.1 Å². The number of ether oxygens (including phenoxy) is 1. The van der Waals surface area contributed by atoms with E-state index in [4.69, 9.17) is 16.3 Å². The van der Waals surface area contributed by atoms with E-state index in [2.05, 4.69) is 0 Å². The van der Waals surface area contributed by atoms with Gasteiger partial charge in [0.2, 0.25) is 5.91 Å². The number of amides is 1. The first-order valence-corrected chi connectivity index (χ1v) is 6.86. The Balaban J connectivity index is 2.50. The Morgan fingerprint density at radius 3 is 2.71 bits per heavy atom. The van der Waals surface area contributed by atoms with Gasteiger partial charge in [-0.1, -0.05) is 11.6 Å². The van der Waals surface area contributed by atoms with Crippen LogP contribution in [0, 0.1) is 0 Å². The largest absolute Gasteiger partial charge is 0.369 e. The molecule has 0 aliphatic heterocycles. The van der Waals surface area contributed by atoms with Crippen LogP contribution in [0.15, 0.2) is 12.1 Å². The number of thiophene rings is 1. The Kier molecular flexibility index (Phi) is 5.95. The van der Waals surface area contributed by atoms with E-state index in [1.165, 1.54) is 11.3 Å². The zero-order valence-electron chi connectivity index (χ0n) is 10.4. The second kappa shape index (κ2) is 6.99. The molecule has 1 aromatic heterocycles. The van der Waals surface area contributed by atoms with E-state index in [-0.39, 0.29) is 18.6 Å². The van der Waals surface area contributed by atoms with Crippen molar-refractivity contribution in [3.8, 4) is 0 Å². The Morgan fingerprint density at radius 1 is 1.53 bits per heavy atom. The third kappa shape index (κ3) is 5.06. The summed E-state index contributed by atoms with van der Waals surface area (Å²) in [5.74, 6) is 0.0192. The maximum absolute atomic E-state index is 11.9. The van der Waals surface area contributed by atoms with Crippen LogP contribution in [0.1, 0.15) is 25.6 Å². The van der Waals surface area contributed by atoms with Gasteiger partial charge in [0.05, 0.1) is 17.0 Å². The number of hydrogen-bond acceptors (Lipinski definition) is 3. The van der Waals surface area contributed by atoms with E-state index in [1.54, 1.807) is 4.90 Å². The van der Waals surface area contributed by atoms with Gasteiger partial charge in [-0.15, -0.1) is 11.3 Å². The van der Waals surface area contributed by atoms with Crippen molar-refractivity contribution in [2.45, 2.75) is 33.4 Å². The average Bonchev–Trinajstić information content (AvgIpc) is 2.68. The minimum Gasteiger partial charge on any atom is -0.369 e. The first-order valence-electron chi connectivity index (χ1n) is 5.66. The molecule has 3 nitrogen and oxygen atoms in total. The molecule has 1 aromatic rings. The molecule has 17 heavy (non-hydrogen) atoms. The number of carbonyl (C=O) groups is 1. The van der Waals surface area contributed by atoms with Crippen molar-refractivity contribution in [2.75, 3.05) is 13.2 Å². The fourth-order valence-corrected chi connectivity index (χ4v) is 2.43. The van der Waals surface area contributed by atoms with Crippen molar-refractivity contribution < 1.29 is 9.53 Å². The normalized spacial score (nSPS) is 10.9. The molecule has 0 saturated heterocycles. The lowest BCUT2D eigenvalue weighted by atomic mass is 10.4. The van der Waals surface area contributed by atoms with Crippen LogP contribution in [0.4, 0.5) is 0 Å². The highest BCUT2D eigenvalue weighted by Crippen LogP contribution is 2.22. The van der Waals surface area contributed by atoms with Crippen molar-refractivity contribution in [1.29, 1.82) is 0 Å². The monoisotopic (exact) mass is 275 g/mol. The van der Waals surface area contributed by atoms with Crippen molar-refractivity contribution in [3.05, 3.63) is 21.3 Å². The van der Waals surface area contributed by atoms with Crippen LogP contribution in [0.3, 0.4) is 0 Å². The number of carbonyl (C=O) groups excluding carboxylic acids is 1. The predicted octanol–water partition coefficient (Wildman–Crippen LogP) is 3.18. The quantitative estimate of drug-likeness (QED) is 0.798. The molecule has 1 heterocycles. The molecule has 0 N–H and O–H groups in total. The molecule has 96 valence electrons. The van der Waals surface area contributed by atoms with Gasteiger partial charge in [-0.25, -0.2) is 0 Å². The summed E-state index contributed by atoms with van der Waals surface area (Å²) in [6, 6.07) is 3.80. The zero-order valence-corrected chi connectivity index (χ0v) is 12.0. The second-order valence-electron chi connectivity index (χ2n) is 3.97. The highest BCUT2D eigenvalue weighted by atomic mass is 35.5. The molecule has 0 aromatic carbocycles. The van der Waals surface area contributed by atoms with Crippen LogP contribution in [-0.4, -0.2) is 30.1 Å². The Morgan fingerprint density at radius 2 is 2.24 bits per heavy atom. The molecule has 0 spiro atoms. The molecule has 0 unspecified atom stereocenters. The number of hydrogen-bond donors (Lipinski definition) is 0. The van der Waals surface area contributed by atoms with Crippen molar-refractivity contribution in [2.24, 2.45) is 0 Å². The molecule has 0 bridgehead atoms. The smallest absolute Gasteiger partial charge is 0.248 e. The highest BCUT2D eigenvalue weighted by Gasteiger charge is 2.13. The van der Waals surface area contributed by atoms with Gasteiger partial charge in [0, 0.05) is 11.4 Å². The number of likely N-dealkylation sites (N-methyl/N-ethyl adjacent to an activating group) is 1. The lowest BCUT2D eigenvalue weighted by Crippen LogP contribution is -2.33. The van der Waals surface area contributed by atoms with Crippen LogP contribution < -0.4 is 0 Å². The van der Waals surface area contributed by atoms with Gasteiger partial charge in [0.15, 0.2) is 0 Å². The Labute approximate surface area is 111 Å². The summed E-state index contributed by atoms with van der Waals surface area (Å²) in [7, 11) is 0. The molecular formula is C12H18ClNO2S. The van der Waals surface area contributed by atoms with Crippen molar-refractivity contribution in [1.82, 2.24) is 4.90 Å². The standard InChI is InChI=1S/C12H18ClNO2S/c1-4-14(12(15)8-16-9(2)3)7-10-5-6-11(13)17-10/h5-6,9H,4,7-8H2,1-3H3. The summed E-state index contributed by atoms with van der Waals surface area (Å²) in [6.07, 6.45) is 0.0776. The van der Waals surface area contributed by atoms with Crippen LogP contribution in [0.5, 0.6) is 0 Å². The van der Waals surface area contributed by atoms with Gasteiger partial charge in [-0.2, -0.15) is 0 Å². The van der Waals surface area contributed by atoms with Gasteiger partial charge in [-0.3, -0.25) is 4.79 Å². The minimum atomic E-state index is 0.0192. The van der Waals surface area contributed by atoms with Crippen LogP contribution in [0.2, 0.25) is 4.34 Å². The van der Waals surface area contributed by atoms with E-state index < -0.39 is 0 Å². The number of nitrogens with zero attached hydrogens (tertiary/aromatic N) is 1. The van der Waals surface area contributed by atoms with E-state index in [1.807, 2.05) is 32.9 Å². The summed E-state index contributed by atoms with van der Waals surface area (Å²) in [6.45, 7) is 7.22. The third-order valence-electron chi connectivity index (χ3n) is 2.25. The molecule has 0 radical (unpaired) electrons. The summed E-state index contributed by atoms with van der Waals surface area (Å²) in [5.41, 5.74) is 0. The zero-order chi connectivity index (χ0) is 12.8. The summed E-state index contributed by atoms with van der Waals surface area (Å²) >= 11 is 7.36. The third-order valence-corrected chi connectivity index (χ3v) is 3.47. The molecule has 1 rings (SSSR count). The molecule has 0 atom stereocenters. The highest BCUT2D eigenvalue weighted by molar-refractivity contribution is 7.16. The number of rotatable bonds is 6. The predicted molar refractivity (Wildman–Crippen MR) is 71.5 cm³/mol. The fourth-order valence-electron chi connectivity index (χ4n) is 1.33. The average molecular weight is 276 g/mol. The second-order valence-corrected chi connectivity index (χ2v) is 5.77. The van der Waals surface area contributed by atoms with E-state index in [9.17, 15) is 4.79 Å². The molecule has 0 saturated carbocycles. The fraction of sp³-hybridized carbons (Fsp3) is 0.583. The maximum atomic E-state index is 11.9. The lowest BCUT2D eigenvalue weighted by Gasteiger charge is -2.20. The van der Waals surface area contributed by atoms with Gasteiger partial charge in [-0.05, 0) is 32.9 Å². The van der Waals surface area contributed by atoms with Crippen molar-refractivity contribution >= 4 is 28.8 Å². The van der Waals surface area contributed by atoms with Gasteiger partial charge >= 0.3 is 0 Å². The summed E-state index contributed by atoms with van der Waals surface area (Å²) < 4.78 is 6.07. The maximum Gasteiger partial charge on any atom is 0.248 e. The Hall–Kier alpha value is -0.580.